The fourth-order valence-corrected chi connectivity index (χ4v) is 3.62. The Balaban J connectivity index is 1.67. The summed E-state index contributed by atoms with van der Waals surface area (Å²) in [6.45, 7) is 2.05. The standard InChI is InChI=1S/C24H20Cl2N4/c1-16-5-2-10-21(11-16)27-24-29-22(14-17-6-3-8-19(25)12-17)28-23(30-24)15-18-7-4-9-20(26)13-18/h2-13H,14-15H2,1H3,(H,27,28,29,30). The number of halogens is 2. The lowest BCUT2D eigenvalue weighted by Crippen LogP contribution is -2.09. The fraction of sp³-hybridized carbons (Fsp3) is 0.125. The van der Waals surface area contributed by atoms with Crippen molar-refractivity contribution in [2.75, 3.05) is 5.32 Å². The Hall–Kier alpha value is -2.95. The van der Waals surface area contributed by atoms with Crippen LogP contribution in [0, 0.1) is 6.92 Å². The first-order valence-corrected chi connectivity index (χ1v) is 10.4. The molecule has 1 N–H and O–H groups in total. The molecule has 0 spiro atoms. The molecule has 0 saturated carbocycles. The molecule has 0 amide bonds. The lowest BCUT2D eigenvalue weighted by atomic mass is 10.1. The van der Waals surface area contributed by atoms with Crippen LogP contribution in [-0.2, 0) is 12.8 Å². The van der Waals surface area contributed by atoms with Gasteiger partial charge in [0.15, 0.2) is 0 Å². The number of benzene rings is 3. The van der Waals surface area contributed by atoms with E-state index < -0.39 is 0 Å². The molecule has 0 bridgehead atoms. The van der Waals surface area contributed by atoms with E-state index in [1.807, 2.05) is 73.7 Å². The summed E-state index contributed by atoms with van der Waals surface area (Å²) in [4.78, 5) is 14.0. The predicted octanol–water partition coefficient (Wildman–Crippen LogP) is 6.41. The van der Waals surface area contributed by atoms with E-state index >= 15 is 0 Å². The zero-order chi connectivity index (χ0) is 20.9. The zero-order valence-corrected chi connectivity index (χ0v) is 18.0. The molecule has 3 aromatic carbocycles. The van der Waals surface area contributed by atoms with Gasteiger partial charge in [0.05, 0.1) is 0 Å². The molecular formula is C24H20Cl2N4. The van der Waals surface area contributed by atoms with Crippen molar-refractivity contribution in [1.82, 2.24) is 15.0 Å². The van der Waals surface area contributed by atoms with Crippen molar-refractivity contribution in [3.05, 3.63) is 111 Å². The lowest BCUT2D eigenvalue weighted by Gasteiger charge is -2.10. The zero-order valence-electron chi connectivity index (χ0n) is 16.4. The minimum Gasteiger partial charge on any atom is -0.324 e. The summed E-state index contributed by atoms with van der Waals surface area (Å²) in [5, 5.41) is 4.69. The molecule has 1 heterocycles. The molecule has 0 aliphatic heterocycles. The molecule has 150 valence electrons. The molecule has 4 nitrogen and oxygen atoms in total. The second-order valence-corrected chi connectivity index (χ2v) is 7.97. The van der Waals surface area contributed by atoms with Crippen LogP contribution in [0.2, 0.25) is 10.0 Å². The highest BCUT2D eigenvalue weighted by Crippen LogP contribution is 2.19. The lowest BCUT2D eigenvalue weighted by molar-refractivity contribution is 0.856. The summed E-state index contributed by atoms with van der Waals surface area (Å²) in [5.41, 5.74) is 4.18. The van der Waals surface area contributed by atoms with Crippen LogP contribution in [0.3, 0.4) is 0 Å². The minimum absolute atomic E-state index is 0.518. The monoisotopic (exact) mass is 434 g/mol. The van der Waals surface area contributed by atoms with Crippen LogP contribution in [0.25, 0.3) is 0 Å². The molecule has 0 unspecified atom stereocenters. The first-order chi connectivity index (χ1) is 14.5. The molecule has 4 aromatic rings. The van der Waals surface area contributed by atoms with Crippen molar-refractivity contribution in [3.63, 3.8) is 0 Å². The highest BCUT2D eigenvalue weighted by atomic mass is 35.5. The van der Waals surface area contributed by atoms with Crippen molar-refractivity contribution in [3.8, 4) is 0 Å². The Bertz CT molecular complexity index is 1020. The average Bonchev–Trinajstić information content (AvgIpc) is 2.68. The van der Waals surface area contributed by atoms with Gasteiger partial charge in [0.2, 0.25) is 5.95 Å². The summed E-state index contributed by atoms with van der Waals surface area (Å²) >= 11 is 12.3. The Morgan fingerprint density at radius 2 is 1.27 bits per heavy atom. The van der Waals surface area contributed by atoms with E-state index in [-0.39, 0.29) is 0 Å². The van der Waals surface area contributed by atoms with Gasteiger partial charge in [0, 0.05) is 28.6 Å². The molecule has 0 aliphatic rings. The summed E-state index contributed by atoms with van der Waals surface area (Å²) in [5.74, 6) is 1.88. The number of nitrogens with one attached hydrogen (secondary N) is 1. The number of hydrogen-bond donors (Lipinski definition) is 1. The Morgan fingerprint density at radius 1 is 0.700 bits per heavy atom. The number of nitrogens with zero attached hydrogens (tertiary/aromatic N) is 3. The first kappa shape index (κ1) is 20.3. The van der Waals surface area contributed by atoms with E-state index in [0.717, 1.165) is 22.4 Å². The third kappa shape index (κ3) is 5.56. The molecule has 30 heavy (non-hydrogen) atoms. The van der Waals surface area contributed by atoms with Gasteiger partial charge in [0.1, 0.15) is 11.6 Å². The highest BCUT2D eigenvalue weighted by molar-refractivity contribution is 6.30. The normalized spacial score (nSPS) is 10.8. The van der Waals surface area contributed by atoms with Crippen LogP contribution in [0.5, 0.6) is 0 Å². The van der Waals surface area contributed by atoms with Crippen LogP contribution in [-0.4, -0.2) is 15.0 Å². The Labute approximate surface area is 186 Å². The number of aryl methyl sites for hydroxylation is 1. The maximum atomic E-state index is 6.14. The fourth-order valence-electron chi connectivity index (χ4n) is 3.19. The van der Waals surface area contributed by atoms with E-state index in [1.165, 1.54) is 0 Å². The van der Waals surface area contributed by atoms with Gasteiger partial charge in [0.25, 0.3) is 0 Å². The number of anilines is 2. The summed E-state index contributed by atoms with van der Waals surface area (Å²) in [6.07, 6.45) is 1.13. The summed E-state index contributed by atoms with van der Waals surface area (Å²) in [6, 6.07) is 23.5. The molecule has 0 saturated heterocycles. The van der Waals surface area contributed by atoms with Gasteiger partial charge in [-0.25, -0.2) is 4.98 Å². The van der Waals surface area contributed by atoms with Crippen molar-refractivity contribution < 1.29 is 0 Å². The van der Waals surface area contributed by atoms with Crippen molar-refractivity contribution in [2.45, 2.75) is 19.8 Å². The molecule has 1 aromatic heterocycles. The van der Waals surface area contributed by atoms with E-state index in [4.69, 9.17) is 28.2 Å². The van der Waals surface area contributed by atoms with Crippen LogP contribution in [0.1, 0.15) is 28.3 Å². The minimum atomic E-state index is 0.518. The highest BCUT2D eigenvalue weighted by Gasteiger charge is 2.10. The van der Waals surface area contributed by atoms with Gasteiger partial charge < -0.3 is 5.32 Å². The summed E-state index contributed by atoms with van der Waals surface area (Å²) in [7, 11) is 0. The molecule has 6 heteroatoms. The van der Waals surface area contributed by atoms with E-state index in [1.54, 1.807) is 0 Å². The largest absolute Gasteiger partial charge is 0.324 e. The van der Waals surface area contributed by atoms with Gasteiger partial charge in [-0.15, -0.1) is 0 Å². The second-order valence-electron chi connectivity index (χ2n) is 7.10. The smallest absolute Gasteiger partial charge is 0.230 e. The van der Waals surface area contributed by atoms with Crippen LogP contribution in [0.15, 0.2) is 72.8 Å². The third-order valence-electron chi connectivity index (χ3n) is 4.50. The average molecular weight is 435 g/mol. The van der Waals surface area contributed by atoms with Gasteiger partial charge >= 0.3 is 0 Å². The van der Waals surface area contributed by atoms with Crippen LogP contribution < -0.4 is 5.32 Å². The first-order valence-electron chi connectivity index (χ1n) is 9.60. The van der Waals surface area contributed by atoms with Gasteiger partial charge in [-0.05, 0) is 60.0 Å². The predicted molar refractivity (Wildman–Crippen MR) is 123 cm³/mol. The van der Waals surface area contributed by atoms with Gasteiger partial charge in [-0.3, -0.25) is 0 Å². The van der Waals surface area contributed by atoms with E-state index in [9.17, 15) is 0 Å². The quantitative estimate of drug-likeness (QED) is 0.380. The maximum Gasteiger partial charge on any atom is 0.230 e. The molecule has 4 rings (SSSR count). The van der Waals surface area contributed by atoms with E-state index in [2.05, 4.69) is 21.4 Å². The maximum absolute atomic E-state index is 6.14. The molecular weight excluding hydrogens is 415 g/mol. The number of hydrogen-bond acceptors (Lipinski definition) is 4. The molecule has 0 aliphatic carbocycles. The Morgan fingerprint density at radius 3 is 1.80 bits per heavy atom. The Kier molecular flexibility index (Phi) is 6.26. The topological polar surface area (TPSA) is 50.7 Å². The molecule has 0 fully saturated rings. The van der Waals surface area contributed by atoms with Crippen LogP contribution >= 0.6 is 23.2 Å². The van der Waals surface area contributed by atoms with E-state index in [0.29, 0.717) is 40.5 Å². The van der Waals surface area contributed by atoms with Crippen molar-refractivity contribution in [2.24, 2.45) is 0 Å². The summed E-state index contributed by atoms with van der Waals surface area (Å²) < 4.78 is 0. The number of rotatable bonds is 6. The van der Waals surface area contributed by atoms with Crippen molar-refractivity contribution in [1.29, 1.82) is 0 Å². The molecule has 0 radical (unpaired) electrons. The number of aromatic nitrogens is 3. The van der Waals surface area contributed by atoms with Crippen LogP contribution in [0.4, 0.5) is 11.6 Å². The third-order valence-corrected chi connectivity index (χ3v) is 4.97. The van der Waals surface area contributed by atoms with Gasteiger partial charge in [-0.2, -0.15) is 9.97 Å². The SMILES string of the molecule is Cc1cccc(Nc2nc(Cc3cccc(Cl)c3)nc(Cc3cccc(Cl)c3)n2)c1. The second kappa shape index (κ2) is 9.24. The molecule has 0 atom stereocenters. The van der Waals surface area contributed by atoms with Crippen molar-refractivity contribution >= 4 is 34.8 Å². The van der Waals surface area contributed by atoms with Gasteiger partial charge in [-0.1, -0.05) is 59.6 Å².